The molecule has 3 heterocycles. The van der Waals surface area contributed by atoms with E-state index in [0.717, 1.165) is 59.7 Å². The van der Waals surface area contributed by atoms with Gasteiger partial charge in [-0.3, -0.25) is 9.69 Å². The number of pyridine rings is 1. The van der Waals surface area contributed by atoms with Crippen LogP contribution in [0.1, 0.15) is 43.9 Å². The molecule has 2 aliphatic rings. The maximum absolute atomic E-state index is 13.4. The van der Waals surface area contributed by atoms with Crippen LogP contribution < -0.4 is 4.90 Å². The molecule has 168 valence electrons. The van der Waals surface area contributed by atoms with Gasteiger partial charge in [0.25, 0.3) is 5.91 Å². The Hall–Kier alpha value is -2.70. The number of anilines is 1. The van der Waals surface area contributed by atoms with Crippen LogP contribution in [-0.2, 0) is 4.79 Å². The van der Waals surface area contributed by atoms with Gasteiger partial charge in [0.15, 0.2) is 0 Å². The van der Waals surface area contributed by atoms with Gasteiger partial charge in [0, 0.05) is 24.0 Å². The average molecular weight is 474 g/mol. The fourth-order valence-corrected chi connectivity index (χ4v) is 5.95. The number of benzene rings is 2. The highest BCUT2D eigenvalue weighted by Gasteiger charge is 2.36. The van der Waals surface area contributed by atoms with Gasteiger partial charge in [-0.1, -0.05) is 79.4 Å². The summed E-state index contributed by atoms with van der Waals surface area (Å²) < 4.78 is 0.602. The molecule has 1 amide bonds. The highest BCUT2D eigenvalue weighted by Crippen LogP contribution is 2.39. The lowest BCUT2D eigenvalue weighted by atomic mass is 9.98. The van der Waals surface area contributed by atoms with Gasteiger partial charge in [0.2, 0.25) is 0 Å². The number of rotatable bonds is 4. The van der Waals surface area contributed by atoms with E-state index in [1.165, 1.54) is 11.8 Å². The monoisotopic (exact) mass is 473 g/mol. The van der Waals surface area contributed by atoms with E-state index in [-0.39, 0.29) is 11.9 Å². The number of piperidine rings is 1. The number of thiocarbonyl (C=S) groups is 1. The van der Waals surface area contributed by atoms with E-state index in [0.29, 0.717) is 9.23 Å². The Morgan fingerprint density at radius 2 is 1.79 bits per heavy atom. The Labute approximate surface area is 204 Å². The molecule has 0 N–H and O–H groups in total. The van der Waals surface area contributed by atoms with Gasteiger partial charge in [-0.05, 0) is 49.5 Å². The van der Waals surface area contributed by atoms with Crippen molar-refractivity contribution in [3.8, 4) is 0 Å². The van der Waals surface area contributed by atoms with Gasteiger partial charge in [-0.2, -0.15) is 0 Å². The third-order valence-corrected chi connectivity index (χ3v) is 7.93. The van der Waals surface area contributed by atoms with Crippen LogP contribution in [0.25, 0.3) is 17.0 Å². The lowest BCUT2D eigenvalue weighted by molar-refractivity contribution is -0.123. The molecular weight excluding hydrogens is 446 g/mol. The summed E-state index contributed by atoms with van der Waals surface area (Å²) in [4.78, 5) is 23.2. The van der Waals surface area contributed by atoms with Crippen LogP contribution in [0.5, 0.6) is 0 Å². The number of hydrogen-bond acceptors (Lipinski definition) is 5. The van der Waals surface area contributed by atoms with Gasteiger partial charge in [-0.15, -0.1) is 0 Å². The predicted octanol–water partition coefficient (Wildman–Crippen LogP) is 6.43. The van der Waals surface area contributed by atoms with Crippen LogP contribution in [0.15, 0.2) is 65.6 Å². The molecular formula is C27H27N3OS2. The minimum absolute atomic E-state index is 0.0345. The average Bonchev–Trinajstić information content (AvgIpc) is 3.12. The number of hydrogen-bond donors (Lipinski definition) is 0. The minimum atomic E-state index is -0.109. The summed E-state index contributed by atoms with van der Waals surface area (Å²) in [6, 6.07) is 20.3. The second-order valence-corrected chi connectivity index (χ2v) is 10.6. The van der Waals surface area contributed by atoms with Crippen molar-refractivity contribution in [1.82, 2.24) is 9.88 Å². The van der Waals surface area contributed by atoms with Crippen LogP contribution in [0.3, 0.4) is 0 Å². The zero-order chi connectivity index (χ0) is 22.9. The van der Waals surface area contributed by atoms with Crippen LogP contribution in [0.2, 0.25) is 0 Å². The minimum Gasteiger partial charge on any atom is -0.356 e. The smallest absolute Gasteiger partial charge is 0.266 e. The number of fused-ring (bicyclic) bond motifs is 1. The number of nitrogens with zero attached hydrogens (tertiary/aromatic N) is 3. The lowest BCUT2D eigenvalue weighted by Gasteiger charge is -2.32. The molecule has 1 atom stereocenters. The third kappa shape index (κ3) is 4.42. The van der Waals surface area contributed by atoms with Crippen molar-refractivity contribution >= 4 is 57.0 Å². The number of thioether (sulfide) groups is 1. The SMILES string of the molecule is CC1CCN(c2nc3ccccc3cc2/C=C2\SC(=S)N(C(C)c3ccccc3)C2=O)CC1. The second-order valence-electron chi connectivity index (χ2n) is 8.90. The van der Waals surface area contributed by atoms with E-state index >= 15 is 0 Å². The zero-order valence-electron chi connectivity index (χ0n) is 18.9. The first-order valence-corrected chi connectivity index (χ1v) is 12.7. The number of amides is 1. The van der Waals surface area contributed by atoms with Crippen LogP contribution >= 0.6 is 24.0 Å². The van der Waals surface area contributed by atoms with Crippen LogP contribution in [-0.4, -0.2) is 33.2 Å². The Kier molecular flexibility index (Phi) is 6.21. The first kappa shape index (κ1) is 22.1. The number of carbonyl (C=O) groups excluding carboxylic acids is 1. The summed E-state index contributed by atoms with van der Waals surface area (Å²) >= 11 is 7.02. The first-order chi connectivity index (χ1) is 16.0. The molecule has 4 nitrogen and oxygen atoms in total. The van der Waals surface area contributed by atoms with Gasteiger partial charge in [0.05, 0.1) is 16.5 Å². The molecule has 5 rings (SSSR count). The number of carbonyl (C=O) groups is 1. The lowest BCUT2D eigenvalue weighted by Crippen LogP contribution is -2.34. The maximum atomic E-state index is 13.4. The van der Waals surface area contributed by atoms with E-state index < -0.39 is 0 Å². The van der Waals surface area contributed by atoms with E-state index in [2.05, 4.69) is 30.0 Å². The Balaban J connectivity index is 1.52. The molecule has 2 aliphatic heterocycles. The van der Waals surface area contributed by atoms with E-state index in [1.54, 1.807) is 4.90 Å². The van der Waals surface area contributed by atoms with Crippen molar-refractivity contribution in [2.45, 2.75) is 32.7 Å². The zero-order valence-corrected chi connectivity index (χ0v) is 20.5. The molecule has 1 aromatic heterocycles. The largest absolute Gasteiger partial charge is 0.356 e. The fraction of sp³-hybridized carbons (Fsp3) is 0.296. The Bertz CT molecular complexity index is 1230. The highest BCUT2D eigenvalue weighted by atomic mass is 32.2. The van der Waals surface area contributed by atoms with Crippen molar-refractivity contribution in [1.29, 1.82) is 0 Å². The summed E-state index contributed by atoms with van der Waals surface area (Å²) in [7, 11) is 0. The molecule has 3 aromatic rings. The first-order valence-electron chi connectivity index (χ1n) is 11.5. The predicted molar refractivity (Wildman–Crippen MR) is 142 cm³/mol. The molecule has 0 saturated carbocycles. The van der Waals surface area contributed by atoms with Gasteiger partial charge in [0.1, 0.15) is 10.1 Å². The van der Waals surface area contributed by atoms with E-state index in [9.17, 15) is 4.79 Å². The summed E-state index contributed by atoms with van der Waals surface area (Å²) in [5, 5.41) is 1.08. The number of aromatic nitrogens is 1. The maximum Gasteiger partial charge on any atom is 0.266 e. The quantitative estimate of drug-likeness (QED) is 0.322. The summed E-state index contributed by atoms with van der Waals surface area (Å²) in [6.07, 6.45) is 4.30. The molecule has 6 heteroatoms. The molecule has 2 fully saturated rings. The molecule has 1 unspecified atom stereocenters. The second kappa shape index (κ2) is 9.27. The summed E-state index contributed by atoms with van der Waals surface area (Å²) in [5.41, 5.74) is 3.04. The molecule has 0 aliphatic carbocycles. The summed E-state index contributed by atoms with van der Waals surface area (Å²) in [6.45, 7) is 6.31. The fourth-order valence-electron chi connectivity index (χ4n) is 4.54. The molecule has 0 bridgehead atoms. The van der Waals surface area contributed by atoms with Gasteiger partial charge < -0.3 is 4.90 Å². The van der Waals surface area contributed by atoms with Gasteiger partial charge >= 0.3 is 0 Å². The molecule has 0 radical (unpaired) electrons. The van der Waals surface area contributed by atoms with Crippen molar-refractivity contribution < 1.29 is 4.79 Å². The van der Waals surface area contributed by atoms with Crippen molar-refractivity contribution in [2.24, 2.45) is 5.92 Å². The van der Waals surface area contributed by atoms with Crippen molar-refractivity contribution in [2.75, 3.05) is 18.0 Å². The normalized spacial score (nSPS) is 19.6. The van der Waals surface area contributed by atoms with E-state index in [4.69, 9.17) is 17.2 Å². The van der Waals surface area contributed by atoms with Gasteiger partial charge in [-0.25, -0.2) is 4.98 Å². The van der Waals surface area contributed by atoms with Crippen molar-refractivity contribution in [3.05, 3.63) is 76.7 Å². The highest BCUT2D eigenvalue weighted by molar-refractivity contribution is 8.26. The van der Waals surface area contributed by atoms with Crippen LogP contribution in [0, 0.1) is 5.92 Å². The topological polar surface area (TPSA) is 36.4 Å². The molecule has 2 aromatic carbocycles. The molecule has 0 spiro atoms. The Morgan fingerprint density at radius 3 is 2.55 bits per heavy atom. The number of para-hydroxylation sites is 1. The van der Waals surface area contributed by atoms with E-state index in [1.807, 2.05) is 55.5 Å². The standard InChI is InChI=1S/C27H27N3OS2/c1-18-12-14-29(15-13-18)25-22(16-21-10-6-7-11-23(21)28-25)17-24-26(31)30(27(32)33-24)19(2)20-8-4-3-5-9-20/h3-11,16-19H,12-15H2,1-2H3/b24-17-. The Morgan fingerprint density at radius 1 is 1.09 bits per heavy atom. The summed E-state index contributed by atoms with van der Waals surface area (Å²) in [5.74, 6) is 1.66. The van der Waals surface area contributed by atoms with Crippen LogP contribution in [0.4, 0.5) is 5.82 Å². The molecule has 33 heavy (non-hydrogen) atoms. The van der Waals surface area contributed by atoms with Crippen molar-refractivity contribution in [3.63, 3.8) is 0 Å². The third-order valence-electron chi connectivity index (χ3n) is 6.59. The molecule has 2 saturated heterocycles.